The Hall–Kier alpha value is -3.04. The monoisotopic (exact) mass is 466 g/mol. The van der Waals surface area contributed by atoms with Gasteiger partial charge in [-0.2, -0.15) is 0 Å². The zero-order valence-electron chi connectivity index (χ0n) is 19.0. The third-order valence-electron chi connectivity index (χ3n) is 6.92. The highest BCUT2D eigenvalue weighted by Gasteiger charge is 2.67. The normalized spacial score (nSPS) is 21.5. The maximum atomic E-state index is 14.8. The summed E-state index contributed by atoms with van der Waals surface area (Å²) in [5, 5.41) is -0.167. The molecule has 35 heavy (non-hydrogen) atoms. The molecule has 0 atom stereocenters. The Morgan fingerprint density at radius 2 is 0.886 bits per heavy atom. The minimum Gasteiger partial charge on any atom is -0.299 e. The van der Waals surface area contributed by atoms with Crippen molar-refractivity contribution < 1.29 is 9.59 Å². The maximum absolute atomic E-state index is 14.8. The van der Waals surface area contributed by atoms with Crippen LogP contribution in [0.1, 0.15) is 20.7 Å². The highest BCUT2D eigenvalue weighted by Crippen LogP contribution is 2.58. The third kappa shape index (κ3) is 3.60. The van der Waals surface area contributed by atoms with Gasteiger partial charge in [0.15, 0.2) is 10.8 Å². The molecular weight excluding hydrogens is 444 g/mol. The lowest BCUT2D eigenvalue weighted by Gasteiger charge is -2.42. The second kappa shape index (κ2) is 9.20. The van der Waals surface area contributed by atoms with E-state index < -0.39 is 8.07 Å². The standard InChI is InChI=1S/C32H22O2Si/c33-31(25-13-3-1-4-14-25)35(32(34)26-15-5-2-6-16-26,29-21-19-23-11-7-9-17-27(23)29)30-22-20-24-12-8-10-18-28(24)30/h1-22H. The van der Waals surface area contributed by atoms with E-state index in [0.717, 1.165) is 34.8 Å². The predicted octanol–water partition coefficient (Wildman–Crippen LogP) is 5.90. The first kappa shape index (κ1) is 22.4. The third-order valence-corrected chi connectivity index (χ3v) is 11.3. The van der Waals surface area contributed by atoms with Crippen molar-refractivity contribution in [2.75, 3.05) is 0 Å². The molecule has 2 saturated carbocycles. The molecule has 0 bridgehead atoms. The molecule has 2 aromatic carbocycles. The molecule has 3 heteroatoms. The molecule has 0 unspecified atom stereocenters. The lowest BCUT2D eigenvalue weighted by molar-refractivity contribution is 0.102. The molecular formula is C32H22O2Si. The van der Waals surface area contributed by atoms with Crippen molar-refractivity contribution in [3.8, 4) is 0 Å². The summed E-state index contributed by atoms with van der Waals surface area (Å²) in [7, 11) is -3.74. The van der Waals surface area contributed by atoms with Crippen molar-refractivity contribution in [1.29, 1.82) is 0 Å². The van der Waals surface area contributed by atoms with E-state index in [4.69, 9.17) is 0 Å². The molecule has 166 valence electrons. The summed E-state index contributed by atoms with van der Waals surface area (Å²) in [5.41, 5.74) is 2.84. The van der Waals surface area contributed by atoms with Crippen LogP contribution in [-0.2, 0) is 0 Å². The average Bonchev–Trinajstić information content (AvgIpc) is 3.56. The molecule has 0 N–H and O–H groups in total. The Morgan fingerprint density at radius 3 is 1.31 bits per heavy atom. The number of carbonyl (C=O) groups is 2. The van der Waals surface area contributed by atoms with Crippen molar-refractivity contribution in [3.63, 3.8) is 0 Å². The summed E-state index contributed by atoms with van der Waals surface area (Å²) >= 11 is 0. The molecule has 4 aliphatic rings. The van der Waals surface area contributed by atoms with Crippen LogP contribution in [0, 0.1) is 60.4 Å². The smallest absolute Gasteiger partial charge is 0.235 e. The van der Waals surface area contributed by atoms with Crippen LogP contribution < -0.4 is 0 Å². The first-order valence-corrected chi connectivity index (χ1v) is 13.7. The van der Waals surface area contributed by atoms with Crippen molar-refractivity contribution >= 4 is 18.9 Å². The Bertz CT molecular complexity index is 1130. The number of hydrogen-bond acceptors (Lipinski definition) is 2. The van der Waals surface area contributed by atoms with E-state index in [1.54, 1.807) is 0 Å². The largest absolute Gasteiger partial charge is 0.299 e. The lowest BCUT2D eigenvalue weighted by atomic mass is 9.91. The van der Waals surface area contributed by atoms with Crippen molar-refractivity contribution in [2.45, 2.75) is 0 Å². The maximum Gasteiger partial charge on any atom is 0.235 e. The van der Waals surface area contributed by atoms with Gasteiger partial charge in [0.05, 0.1) is 0 Å². The van der Waals surface area contributed by atoms with E-state index in [2.05, 4.69) is 0 Å². The zero-order valence-corrected chi connectivity index (χ0v) is 20.0. The van der Waals surface area contributed by atoms with Crippen LogP contribution in [0.3, 0.4) is 0 Å². The minimum atomic E-state index is -3.74. The molecule has 0 spiro atoms. The van der Waals surface area contributed by atoms with Gasteiger partial charge >= 0.3 is 0 Å². The van der Waals surface area contributed by atoms with Gasteiger partial charge in [-0.25, -0.2) is 0 Å². The van der Waals surface area contributed by atoms with Gasteiger partial charge in [-0.1, -0.05) is 109 Å². The molecule has 0 saturated heterocycles. The average molecular weight is 467 g/mol. The van der Waals surface area contributed by atoms with E-state index >= 15 is 0 Å². The molecule has 0 amide bonds. The molecule has 10 radical (unpaired) electrons. The number of rotatable bonds is 6. The van der Waals surface area contributed by atoms with Gasteiger partial charge in [-0.15, -0.1) is 0 Å². The minimum absolute atomic E-state index is 0.0836. The molecule has 0 heterocycles. The first-order valence-electron chi connectivity index (χ1n) is 11.7. The lowest BCUT2D eigenvalue weighted by Crippen LogP contribution is -2.64. The number of allylic oxidation sites excluding steroid dienone is 8. The topological polar surface area (TPSA) is 34.1 Å². The summed E-state index contributed by atoms with van der Waals surface area (Å²) in [6.07, 6.45) is 24.2. The van der Waals surface area contributed by atoms with Gasteiger partial charge in [0.2, 0.25) is 8.07 Å². The van der Waals surface area contributed by atoms with Crippen molar-refractivity contribution in [3.05, 3.63) is 181 Å². The number of benzene rings is 2. The number of carbonyl (C=O) groups excluding carboxylic acids is 2. The summed E-state index contributed by atoms with van der Waals surface area (Å²) in [6, 6.07) is 18.6. The van der Waals surface area contributed by atoms with Crippen LogP contribution >= 0.6 is 0 Å². The van der Waals surface area contributed by atoms with E-state index in [-0.39, 0.29) is 10.8 Å². The van der Waals surface area contributed by atoms with Crippen LogP contribution in [0.25, 0.3) is 0 Å². The van der Waals surface area contributed by atoms with Gasteiger partial charge in [0, 0.05) is 45.9 Å². The van der Waals surface area contributed by atoms with Gasteiger partial charge in [0.25, 0.3) is 0 Å². The molecule has 2 nitrogen and oxygen atoms in total. The Morgan fingerprint density at radius 1 is 0.486 bits per heavy atom. The molecule has 0 aromatic heterocycles. The predicted molar refractivity (Wildman–Crippen MR) is 141 cm³/mol. The van der Waals surface area contributed by atoms with E-state index in [1.165, 1.54) is 0 Å². The molecule has 2 aromatic rings. The first-order chi connectivity index (χ1) is 17.2. The fourth-order valence-corrected chi connectivity index (χ4v) is 9.91. The van der Waals surface area contributed by atoms with Gasteiger partial charge in [-0.05, 0) is 25.7 Å². The van der Waals surface area contributed by atoms with Crippen molar-refractivity contribution in [1.82, 2.24) is 0 Å². The Labute approximate surface area is 209 Å². The number of hydrogen-bond donors (Lipinski definition) is 0. The highest BCUT2D eigenvalue weighted by molar-refractivity contribution is 7.34. The zero-order chi connectivity index (χ0) is 23.8. The Kier molecular flexibility index (Phi) is 5.89. The second-order valence-corrected chi connectivity index (χ2v) is 12.3. The van der Waals surface area contributed by atoms with Gasteiger partial charge in [0.1, 0.15) is 0 Å². The Balaban J connectivity index is 1.58. The summed E-state index contributed by atoms with van der Waals surface area (Å²) < 4.78 is 0. The number of fused-ring (bicyclic) bond motifs is 2. The molecule has 6 rings (SSSR count). The van der Waals surface area contributed by atoms with Gasteiger partial charge in [-0.3, -0.25) is 9.59 Å². The van der Waals surface area contributed by atoms with E-state index in [9.17, 15) is 9.59 Å². The second-order valence-electron chi connectivity index (χ2n) is 8.81. The van der Waals surface area contributed by atoms with E-state index in [0.29, 0.717) is 11.1 Å². The highest BCUT2D eigenvalue weighted by atomic mass is 28.3. The summed E-state index contributed by atoms with van der Waals surface area (Å²) in [4.78, 5) is 29.6. The van der Waals surface area contributed by atoms with Crippen LogP contribution in [0.2, 0.25) is 0 Å². The molecule has 2 fully saturated rings. The summed E-state index contributed by atoms with van der Waals surface area (Å²) in [5.74, 6) is 4.02. The summed E-state index contributed by atoms with van der Waals surface area (Å²) in [6.45, 7) is 0. The van der Waals surface area contributed by atoms with Crippen LogP contribution in [0.4, 0.5) is 0 Å². The fraction of sp³-hybridized carbons (Fsp3) is 0. The quantitative estimate of drug-likeness (QED) is 0.497. The molecule has 0 aliphatic heterocycles. The van der Waals surface area contributed by atoms with Crippen LogP contribution in [0.15, 0.2) is 109 Å². The SMILES string of the molecule is O=C(c1ccccc1)[Si]([C]1[CH][CH][C]2C=CC=C[C]21)([C]1[CH][CH][C]2C=CC=C[C]21)C(=O)c1ccccc1. The van der Waals surface area contributed by atoms with Crippen LogP contribution in [0.5, 0.6) is 0 Å². The van der Waals surface area contributed by atoms with Crippen molar-refractivity contribution in [2.24, 2.45) is 0 Å². The van der Waals surface area contributed by atoms with Crippen LogP contribution in [-0.4, -0.2) is 18.9 Å². The van der Waals surface area contributed by atoms with E-state index in [1.807, 2.05) is 135 Å². The fourth-order valence-electron chi connectivity index (χ4n) is 5.30. The molecule has 4 aliphatic carbocycles. The van der Waals surface area contributed by atoms with Gasteiger partial charge < -0.3 is 0 Å².